The van der Waals surface area contributed by atoms with Crippen LogP contribution in [0.5, 0.6) is 0 Å². The zero-order valence-corrected chi connectivity index (χ0v) is 11.4. The summed E-state index contributed by atoms with van der Waals surface area (Å²) >= 11 is 0. The van der Waals surface area contributed by atoms with Crippen molar-refractivity contribution >= 4 is 11.8 Å². The van der Waals surface area contributed by atoms with E-state index in [0.717, 1.165) is 0 Å². The monoisotopic (exact) mass is 268 g/mol. The number of carboxylic acid groups (broad SMARTS) is 1. The molecule has 19 heavy (non-hydrogen) atoms. The molecule has 1 unspecified atom stereocenters. The number of nitrogens with zero attached hydrogens (tertiary/aromatic N) is 1. The van der Waals surface area contributed by atoms with Gasteiger partial charge in [0.25, 0.3) is 0 Å². The van der Waals surface area contributed by atoms with Crippen molar-refractivity contribution < 1.29 is 19.7 Å². The molecule has 0 radical (unpaired) electrons. The van der Waals surface area contributed by atoms with E-state index in [-0.39, 0.29) is 5.56 Å². The quantitative estimate of drug-likeness (QED) is 0.690. The summed E-state index contributed by atoms with van der Waals surface area (Å²) in [5.41, 5.74) is -0.289. The van der Waals surface area contributed by atoms with Gasteiger partial charge in [-0.1, -0.05) is 0 Å². The summed E-state index contributed by atoms with van der Waals surface area (Å²) in [5, 5.41) is 21.9. The molecule has 106 valence electrons. The van der Waals surface area contributed by atoms with Crippen LogP contribution < -0.4 is 5.32 Å². The molecule has 1 rings (SSSR count). The summed E-state index contributed by atoms with van der Waals surface area (Å²) in [6.07, 6.45) is 0.503. The van der Waals surface area contributed by atoms with Crippen LogP contribution in [0.25, 0.3) is 0 Å². The van der Waals surface area contributed by atoms with Crippen LogP contribution in [0.15, 0.2) is 12.1 Å². The van der Waals surface area contributed by atoms with Crippen LogP contribution in [0.4, 0.5) is 5.82 Å². The first-order valence-corrected chi connectivity index (χ1v) is 6.02. The fourth-order valence-corrected chi connectivity index (χ4v) is 1.58. The molecule has 0 aliphatic carbocycles. The average molecular weight is 268 g/mol. The highest BCUT2D eigenvalue weighted by Crippen LogP contribution is 2.14. The van der Waals surface area contributed by atoms with Crippen LogP contribution >= 0.6 is 0 Å². The molecular formula is C13H20N2O4. The smallest absolute Gasteiger partial charge is 0.337 e. The SMILES string of the molecule is COCCC(C)(O)CNc1ccc(C(=O)O)c(C)n1. The first-order valence-electron chi connectivity index (χ1n) is 6.02. The summed E-state index contributed by atoms with van der Waals surface area (Å²) in [5.74, 6) is -0.455. The van der Waals surface area contributed by atoms with Gasteiger partial charge in [-0.15, -0.1) is 0 Å². The molecule has 0 saturated heterocycles. The Balaban J connectivity index is 2.63. The lowest BCUT2D eigenvalue weighted by Gasteiger charge is -2.23. The van der Waals surface area contributed by atoms with E-state index in [0.29, 0.717) is 31.1 Å². The molecule has 1 heterocycles. The number of anilines is 1. The van der Waals surface area contributed by atoms with Gasteiger partial charge in [0, 0.05) is 26.7 Å². The fraction of sp³-hybridized carbons (Fsp3) is 0.538. The Morgan fingerprint density at radius 1 is 1.53 bits per heavy atom. The maximum atomic E-state index is 10.9. The topological polar surface area (TPSA) is 91.7 Å². The fourth-order valence-electron chi connectivity index (χ4n) is 1.58. The molecule has 1 atom stereocenters. The van der Waals surface area contributed by atoms with Crippen LogP contribution in [0, 0.1) is 6.92 Å². The molecule has 0 bridgehead atoms. The van der Waals surface area contributed by atoms with E-state index in [1.807, 2.05) is 0 Å². The van der Waals surface area contributed by atoms with E-state index >= 15 is 0 Å². The lowest BCUT2D eigenvalue weighted by atomic mass is 10.0. The highest BCUT2D eigenvalue weighted by atomic mass is 16.5. The van der Waals surface area contributed by atoms with Crippen molar-refractivity contribution in [1.29, 1.82) is 0 Å². The number of hydrogen-bond donors (Lipinski definition) is 3. The van der Waals surface area contributed by atoms with Crippen LogP contribution in [-0.2, 0) is 4.74 Å². The van der Waals surface area contributed by atoms with Crippen molar-refractivity contribution in [2.24, 2.45) is 0 Å². The van der Waals surface area contributed by atoms with Crippen molar-refractivity contribution in [1.82, 2.24) is 4.98 Å². The van der Waals surface area contributed by atoms with E-state index < -0.39 is 11.6 Å². The minimum atomic E-state index is -0.997. The van der Waals surface area contributed by atoms with E-state index in [4.69, 9.17) is 9.84 Å². The third-order valence-electron chi connectivity index (χ3n) is 2.81. The lowest BCUT2D eigenvalue weighted by molar-refractivity contribution is 0.0356. The molecular weight excluding hydrogens is 248 g/mol. The second-order valence-electron chi connectivity index (χ2n) is 4.73. The van der Waals surface area contributed by atoms with Gasteiger partial charge < -0.3 is 20.3 Å². The van der Waals surface area contributed by atoms with E-state index in [1.54, 1.807) is 27.0 Å². The maximum absolute atomic E-state index is 10.9. The molecule has 0 amide bonds. The van der Waals surface area contributed by atoms with Gasteiger partial charge in [-0.3, -0.25) is 0 Å². The highest BCUT2D eigenvalue weighted by molar-refractivity contribution is 5.89. The van der Waals surface area contributed by atoms with Crippen LogP contribution in [-0.4, -0.2) is 47.0 Å². The first-order chi connectivity index (χ1) is 8.85. The number of ether oxygens (including phenoxy) is 1. The number of methoxy groups -OCH3 is 1. The summed E-state index contributed by atoms with van der Waals surface area (Å²) in [6.45, 7) is 4.13. The first kappa shape index (κ1) is 15.4. The Morgan fingerprint density at radius 2 is 2.21 bits per heavy atom. The average Bonchev–Trinajstić information content (AvgIpc) is 2.34. The summed E-state index contributed by atoms with van der Waals surface area (Å²) in [7, 11) is 1.58. The molecule has 0 aromatic carbocycles. The number of pyridine rings is 1. The van der Waals surface area contributed by atoms with Gasteiger partial charge in [0.15, 0.2) is 0 Å². The zero-order valence-electron chi connectivity index (χ0n) is 11.4. The predicted molar refractivity (Wildman–Crippen MR) is 71.5 cm³/mol. The molecule has 1 aromatic rings. The van der Waals surface area contributed by atoms with E-state index in [2.05, 4.69) is 10.3 Å². The molecule has 0 fully saturated rings. The van der Waals surface area contributed by atoms with Crippen molar-refractivity contribution in [3.05, 3.63) is 23.4 Å². The van der Waals surface area contributed by atoms with E-state index in [1.165, 1.54) is 6.07 Å². The van der Waals surface area contributed by atoms with Gasteiger partial charge in [-0.2, -0.15) is 0 Å². The molecule has 0 aliphatic rings. The number of carboxylic acids is 1. The number of carbonyl (C=O) groups is 1. The van der Waals surface area contributed by atoms with Crippen LogP contribution in [0.1, 0.15) is 29.4 Å². The number of hydrogen-bond acceptors (Lipinski definition) is 5. The number of aryl methyl sites for hydroxylation is 1. The molecule has 0 spiro atoms. The lowest BCUT2D eigenvalue weighted by Crippen LogP contribution is -2.34. The number of nitrogens with one attached hydrogen (secondary N) is 1. The predicted octanol–water partition coefficient (Wildman–Crippen LogP) is 1.29. The Labute approximate surface area is 112 Å². The molecule has 0 saturated carbocycles. The van der Waals surface area contributed by atoms with Crippen LogP contribution in [0.2, 0.25) is 0 Å². The molecule has 3 N–H and O–H groups in total. The van der Waals surface area contributed by atoms with E-state index in [9.17, 15) is 9.90 Å². The summed E-state index contributed by atoms with van der Waals surface area (Å²) in [4.78, 5) is 15.0. The Kier molecular flexibility index (Phi) is 5.26. The largest absolute Gasteiger partial charge is 0.478 e. The summed E-state index contributed by atoms with van der Waals surface area (Å²) in [6, 6.07) is 3.08. The molecule has 6 nitrogen and oxygen atoms in total. The van der Waals surface area contributed by atoms with Crippen LogP contribution in [0.3, 0.4) is 0 Å². The minimum Gasteiger partial charge on any atom is -0.478 e. The second kappa shape index (κ2) is 6.49. The van der Waals surface area contributed by atoms with Crippen molar-refractivity contribution in [3.8, 4) is 0 Å². The number of aliphatic hydroxyl groups is 1. The van der Waals surface area contributed by atoms with Gasteiger partial charge in [0.2, 0.25) is 0 Å². The number of aromatic nitrogens is 1. The van der Waals surface area contributed by atoms with Gasteiger partial charge in [-0.05, 0) is 26.0 Å². The van der Waals surface area contributed by atoms with Gasteiger partial charge in [0.05, 0.1) is 16.9 Å². The number of rotatable bonds is 7. The van der Waals surface area contributed by atoms with Crippen molar-refractivity contribution in [2.45, 2.75) is 25.9 Å². The Hall–Kier alpha value is -1.66. The summed E-state index contributed by atoms with van der Waals surface area (Å²) < 4.78 is 4.92. The van der Waals surface area contributed by atoms with Crippen molar-refractivity contribution in [2.75, 3.05) is 25.6 Å². The van der Waals surface area contributed by atoms with Gasteiger partial charge in [-0.25, -0.2) is 9.78 Å². The third kappa shape index (κ3) is 4.84. The zero-order chi connectivity index (χ0) is 14.5. The van der Waals surface area contributed by atoms with Crippen molar-refractivity contribution in [3.63, 3.8) is 0 Å². The maximum Gasteiger partial charge on any atom is 0.337 e. The Bertz CT molecular complexity index is 446. The Morgan fingerprint density at radius 3 is 2.74 bits per heavy atom. The molecule has 1 aromatic heterocycles. The standard InChI is InChI=1S/C13H20N2O4/c1-9-10(12(16)17)4-5-11(15-9)14-8-13(2,18)6-7-19-3/h4-5,18H,6-8H2,1-3H3,(H,14,15)(H,16,17). The second-order valence-corrected chi connectivity index (χ2v) is 4.73. The van der Waals surface area contributed by atoms with Gasteiger partial charge >= 0.3 is 5.97 Å². The highest BCUT2D eigenvalue weighted by Gasteiger charge is 2.20. The minimum absolute atomic E-state index is 0.177. The van der Waals surface area contributed by atoms with Gasteiger partial charge in [0.1, 0.15) is 5.82 Å². The molecule has 0 aliphatic heterocycles. The third-order valence-corrected chi connectivity index (χ3v) is 2.81. The normalized spacial score (nSPS) is 13.9. The number of aromatic carboxylic acids is 1. The molecule has 6 heteroatoms.